The van der Waals surface area contributed by atoms with Crippen LogP contribution in [-0.4, -0.2) is 46.5 Å². The van der Waals surface area contributed by atoms with E-state index < -0.39 is 0 Å². The molecule has 2 aliphatic rings. The summed E-state index contributed by atoms with van der Waals surface area (Å²) in [5, 5.41) is 12.4. The van der Waals surface area contributed by atoms with Crippen LogP contribution in [-0.2, 0) is 0 Å². The van der Waals surface area contributed by atoms with Gasteiger partial charge in [0.1, 0.15) is 0 Å². The van der Waals surface area contributed by atoms with Gasteiger partial charge >= 0.3 is 6.03 Å². The molecular weight excluding hydrogens is 284 g/mol. The summed E-state index contributed by atoms with van der Waals surface area (Å²) in [6, 6.07) is 10.3. The van der Waals surface area contributed by atoms with Crippen LogP contribution < -0.4 is 5.32 Å². The van der Waals surface area contributed by atoms with E-state index in [9.17, 15) is 9.90 Å². The SMILES string of the molecule is O=C(NCC1(Sc2ccccc2)CC1)N1CCC[C@H]1CO. The Morgan fingerprint density at radius 2 is 2.14 bits per heavy atom. The highest BCUT2D eigenvalue weighted by atomic mass is 32.2. The van der Waals surface area contributed by atoms with Crippen molar-refractivity contribution in [1.29, 1.82) is 0 Å². The second kappa shape index (κ2) is 6.28. The first-order valence-corrected chi connectivity index (χ1v) is 8.43. The van der Waals surface area contributed by atoms with E-state index in [1.807, 2.05) is 30.0 Å². The van der Waals surface area contributed by atoms with Gasteiger partial charge in [-0.25, -0.2) is 4.79 Å². The van der Waals surface area contributed by atoms with Crippen molar-refractivity contribution >= 4 is 17.8 Å². The molecule has 114 valence electrons. The second-order valence-corrected chi connectivity index (χ2v) is 7.47. The topological polar surface area (TPSA) is 52.6 Å². The summed E-state index contributed by atoms with van der Waals surface area (Å²) in [5.41, 5.74) is 0. The lowest BCUT2D eigenvalue weighted by Gasteiger charge is -2.25. The Morgan fingerprint density at radius 1 is 1.38 bits per heavy atom. The highest BCUT2D eigenvalue weighted by Gasteiger charge is 2.44. The summed E-state index contributed by atoms with van der Waals surface area (Å²) in [7, 11) is 0. The van der Waals surface area contributed by atoms with Gasteiger partial charge in [0.15, 0.2) is 0 Å². The fourth-order valence-corrected chi connectivity index (χ4v) is 4.07. The predicted molar refractivity (Wildman–Crippen MR) is 84.5 cm³/mol. The van der Waals surface area contributed by atoms with Crippen molar-refractivity contribution in [2.45, 2.75) is 41.4 Å². The van der Waals surface area contributed by atoms with Crippen molar-refractivity contribution in [3.63, 3.8) is 0 Å². The number of hydrogen-bond donors (Lipinski definition) is 2. The van der Waals surface area contributed by atoms with Crippen LogP contribution in [0.1, 0.15) is 25.7 Å². The summed E-state index contributed by atoms with van der Waals surface area (Å²) in [4.78, 5) is 15.3. The van der Waals surface area contributed by atoms with Gasteiger partial charge in [-0.3, -0.25) is 0 Å². The second-order valence-electron chi connectivity index (χ2n) is 5.93. The quantitative estimate of drug-likeness (QED) is 0.879. The van der Waals surface area contributed by atoms with Gasteiger partial charge in [-0.2, -0.15) is 0 Å². The summed E-state index contributed by atoms with van der Waals surface area (Å²) >= 11 is 1.87. The van der Waals surface area contributed by atoms with E-state index >= 15 is 0 Å². The Labute approximate surface area is 129 Å². The first-order valence-electron chi connectivity index (χ1n) is 7.62. The van der Waals surface area contributed by atoms with Crippen LogP contribution in [0.25, 0.3) is 0 Å². The zero-order valence-electron chi connectivity index (χ0n) is 12.1. The normalized spacial score (nSPS) is 23.1. The highest BCUT2D eigenvalue weighted by molar-refractivity contribution is 8.01. The molecule has 5 heteroatoms. The molecule has 1 saturated heterocycles. The molecule has 0 radical (unpaired) electrons. The number of benzene rings is 1. The molecule has 1 aromatic carbocycles. The first kappa shape index (κ1) is 14.7. The number of urea groups is 1. The standard InChI is InChI=1S/C16H22N2O2S/c19-11-13-5-4-10-18(13)15(20)17-12-16(8-9-16)21-14-6-2-1-3-7-14/h1-3,6-7,13,19H,4-5,8-12H2,(H,17,20)/t13-/m0/s1. The van der Waals surface area contributed by atoms with Crippen molar-refractivity contribution in [3.8, 4) is 0 Å². The van der Waals surface area contributed by atoms with Crippen molar-refractivity contribution < 1.29 is 9.90 Å². The highest BCUT2D eigenvalue weighted by Crippen LogP contribution is 2.51. The maximum atomic E-state index is 12.2. The number of carbonyl (C=O) groups is 1. The summed E-state index contributed by atoms with van der Waals surface area (Å²) in [6.07, 6.45) is 4.20. The molecular formula is C16H22N2O2S. The number of aliphatic hydroxyl groups excluding tert-OH is 1. The molecule has 1 saturated carbocycles. The number of amides is 2. The van der Waals surface area contributed by atoms with Crippen LogP contribution in [0.4, 0.5) is 4.79 Å². The molecule has 1 aliphatic carbocycles. The van der Waals surface area contributed by atoms with Crippen LogP contribution in [0.5, 0.6) is 0 Å². The fraction of sp³-hybridized carbons (Fsp3) is 0.562. The monoisotopic (exact) mass is 306 g/mol. The minimum Gasteiger partial charge on any atom is -0.394 e. The number of nitrogens with zero attached hydrogens (tertiary/aromatic N) is 1. The van der Waals surface area contributed by atoms with Crippen LogP contribution >= 0.6 is 11.8 Å². The molecule has 1 atom stereocenters. The molecule has 3 rings (SSSR count). The lowest BCUT2D eigenvalue weighted by molar-refractivity contribution is 0.157. The van der Waals surface area contributed by atoms with Crippen LogP contribution in [0.2, 0.25) is 0 Å². The molecule has 2 amide bonds. The smallest absolute Gasteiger partial charge is 0.317 e. The Balaban J connectivity index is 1.51. The minimum atomic E-state index is -0.0218. The van der Waals surface area contributed by atoms with E-state index in [0.717, 1.165) is 32.2 Å². The molecule has 1 aromatic rings. The molecule has 21 heavy (non-hydrogen) atoms. The number of thioether (sulfide) groups is 1. The van der Waals surface area contributed by atoms with Crippen LogP contribution in [0, 0.1) is 0 Å². The summed E-state index contributed by atoms with van der Waals surface area (Å²) in [5.74, 6) is 0. The van der Waals surface area contributed by atoms with E-state index in [2.05, 4.69) is 17.4 Å². The molecule has 0 bridgehead atoms. The number of rotatable bonds is 5. The summed E-state index contributed by atoms with van der Waals surface area (Å²) < 4.78 is 0.172. The molecule has 0 unspecified atom stereocenters. The average molecular weight is 306 g/mol. The number of aliphatic hydroxyl groups is 1. The Kier molecular flexibility index (Phi) is 4.40. The van der Waals surface area contributed by atoms with E-state index in [4.69, 9.17) is 0 Å². The Morgan fingerprint density at radius 3 is 2.81 bits per heavy atom. The predicted octanol–water partition coefficient (Wildman–Crippen LogP) is 2.48. The van der Waals surface area contributed by atoms with Crippen molar-refractivity contribution in [1.82, 2.24) is 10.2 Å². The van der Waals surface area contributed by atoms with Crippen LogP contribution in [0.3, 0.4) is 0 Å². The van der Waals surface area contributed by atoms with Crippen LogP contribution in [0.15, 0.2) is 35.2 Å². The van der Waals surface area contributed by atoms with E-state index in [0.29, 0.717) is 6.54 Å². The Bertz CT molecular complexity index is 490. The van der Waals surface area contributed by atoms with Gasteiger partial charge in [-0.05, 0) is 37.8 Å². The lowest BCUT2D eigenvalue weighted by atomic mass is 10.2. The van der Waals surface area contributed by atoms with Gasteiger partial charge < -0.3 is 15.3 Å². The molecule has 1 aliphatic heterocycles. The fourth-order valence-electron chi connectivity index (χ4n) is 2.82. The molecule has 1 heterocycles. The van der Waals surface area contributed by atoms with E-state index in [-0.39, 0.29) is 23.4 Å². The minimum absolute atomic E-state index is 0.00179. The van der Waals surface area contributed by atoms with Gasteiger partial charge in [0.2, 0.25) is 0 Å². The molecule has 2 fully saturated rings. The summed E-state index contributed by atoms with van der Waals surface area (Å²) in [6.45, 7) is 1.53. The van der Waals surface area contributed by atoms with Gasteiger partial charge in [0.25, 0.3) is 0 Å². The number of carbonyl (C=O) groups excluding carboxylic acids is 1. The number of likely N-dealkylation sites (tertiary alicyclic amines) is 1. The van der Waals surface area contributed by atoms with Crippen molar-refractivity contribution in [3.05, 3.63) is 30.3 Å². The molecule has 2 N–H and O–H groups in total. The van der Waals surface area contributed by atoms with Crippen molar-refractivity contribution in [2.24, 2.45) is 0 Å². The third kappa shape index (κ3) is 3.52. The maximum Gasteiger partial charge on any atom is 0.317 e. The third-order valence-electron chi connectivity index (χ3n) is 4.30. The maximum absolute atomic E-state index is 12.2. The number of hydrogen-bond acceptors (Lipinski definition) is 3. The zero-order valence-corrected chi connectivity index (χ0v) is 12.9. The average Bonchev–Trinajstić information content (AvgIpc) is 3.10. The van der Waals surface area contributed by atoms with E-state index in [1.54, 1.807) is 4.90 Å². The Hall–Kier alpha value is -1.20. The van der Waals surface area contributed by atoms with E-state index in [1.165, 1.54) is 4.90 Å². The van der Waals surface area contributed by atoms with Gasteiger partial charge in [-0.15, -0.1) is 11.8 Å². The first-order chi connectivity index (χ1) is 10.2. The molecule has 4 nitrogen and oxygen atoms in total. The zero-order chi connectivity index (χ0) is 14.7. The molecule has 0 spiro atoms. The number of nitrogens with one attached hydrogen (secondary N) is 1. The third-order valence-corrected chi connectivity index (χ3v) is 5.79. The van der Waals surface area contributed by atoms with Gasteiger partial charge in [0.05, 0.1) is 12.6 Å². The lowest BCUT2D eigenvalue weighted by Crippen LogP contribution is -2.46. The van der Waals surface area contributed by atoms with Crippen molar-refractivity contribution in [2.75, 3.05) is 19.7 Å². The van der Waals surface area contributed by atoms with Gasteiger partial charge in [-0.1, -0.05) is 18.2 Å². The largest absolute Gasteiger partial charge is 0.394 e. The molecule has 0 aromatic heterocycles. The van der Waals surface area contributed by atoms with Gasteiger partial charge in [0, 0.05) is 22.7 Å².